The maximum absolute atomic E-state index is 12.3. The minimum absolute atomic E-state index is 0.133. The number of rotatable bonds is 2. The number of allylic oxidation sites excluding steroid dienone is 1. The normalized spacial score (nSPS) is 14.9. The van der Waals surface area contributed by atoms with Crippen molar-refractivity contribution >= 4 is 17.8 Å². The molecule has 0 saturated heterocycles. The first kappa shape index (κ1) is 13.1. The van der Waals surface area contributed by atoms with Crippen molar-refractivity contribution < 1.29 is 19.4 Å². The van der Waals surface area contributed by atoms with E-state index < -0.39 is 5.97 Å². The molecular weight excluding hydrogens is 268 g/mol. The number of carbonyl (C=O) groups is 2. The van der Waals surface area contributed by atoms with Crippen molar-refractivity contribution in [3.63, 3.8) is 0 Å². The van der Waals surface area contributed by atoms with Crippen molar-refractivity contribution in [1.29, 1.82) is 0 Å². The van der Waals surface area contributed by atoms with Crippen LogP contribution in [-0.2, 0) is 0 Å². The standard InChI is InChI=1S/C17H12O4/c1-10-6-7-13-14(8-10)21-15(16(13)18)9-11-4-2-3-5-12(11)17(19)20/h2-9H,1H3,(H,19,20)/b15-9-. The van der Waals surface area contributed by atoms with Crippen molar-refractivity contribution in [1.82, 2.24) is 0 Å². The van der Waals surface area contributed by atoms with Gasteiger partial charge in [-0.25, -0.2) is 4.79 Å². The van der Waals surface area contributed by atoms with Gasteiger partial charge >= 0.3 is 5.97 Å². The van der Waals surface area contributed by atoms with Crippen LogP contribution in [0.3, 0.4) is 0 Å². The number of carboxylic acids is 1. The molecule has 104 valence electrons. The molecule has 1 aliphatic heterocycles. The highest BCUT2D eigenvalue weighted by molar-refractivity contribution is 6.14. The molecular formula is C17H12O4. The number of ketones is 1. The van der Waals surface area contributed by atoms with Gasteiger partial charge < -0.3 is 9.84 Å². The molecule has 1 heterocycles. The summed E-state index contributed by atoms with van der Waals surface area (Å²) < 4.78 is 5.56. The third-order valence-electron chi connectivity index (χ3n) is 3.30. The van der Waals surface area contributed by atoms with Crippen LogP contribution in [0.15, 0.2) is 48.2 Å². The van der Waals surface area contributed by atoms with Crippen LogP contribution >= 0.6 is 0 Å². The third kappa shape index (κ3) is 2.31. The van der Waals surface area contributed by atoms with Gasteiger partial charge in [-0.15, -0.1) is 0 Å². The molecule has 0 aliphatic carbocycles. The minimum Gasteiger partial charge on any atom is -0.478 e. The smallest absolute Gasteiger partial charge is 0.336 e. The first-order chi connectivity index (χ1) is 10.1. The van der Waals surface area contributed by atoms with E-state index in [0.717, 1.165) is 5.56 Å². The van der Waals surface area contributed by atoms with Gasteiger partial charge in [0.2, 0.25) is 5.78 Å². The minimum atomic E-state index is -1.04. The second kappa shape index (κ2) is 4.90. The summed E-state index contributed by atoms with van der Waals surface area (Å²) in [6.07, 6.45) is 1.47. The van der Waals surface area contributed by atoms with Crippen molar-refractivity contribution in [2.24, 2.45) is 0 Å². The molecule has 0 amide bonds. The molecule has 4 heteroatoms. The Morgan fingerprint density at radius 2 is 1.95 bits per heavy atom. The van der Waals surface area contributed by atoms with Gasteiger partial charge in [0, 0.05) is 0 Å². The molecule has 1 aliphatic rings. The van der Waals surface area contributed by atoms with Gasteiger partial charge in [0.05, 0.1) is 11.1 Å². The van der Waals surface area contributed by atoms with E-state index >= 15 is 0 Å². The van der Waals surface area contributed by atoms with Crippen molar-refractivity contribution in [3.05, 3.63) is 70.5 Å². The fraction of sp³-hybridized carbons (Fsp3) is 0.0588. The van der Waals surface area contributed by atoms with Gasteiger partial charge in [0.25, 0.3) is 0 Å². The second-order valence-corrected chi connectivity index (χ2v) is 4.83. The quantitative estimate of drug-likeness (QED) is 0.857. The number of Topliss-reactive ketones (excluding diaryl/α,β-unsaturated/α-hetero) is 1. The maximum Gasteiger partial charge on any atom is 0.336 e. The van der Waals surface area contributed by atoms with Crippen LogP contribution in [-0.4, -0.2) is 16.9 Å². The van der Waals surface area contributed by atoms with Crippen LogP contribution in [0.5, 0.6) is 5.75 Å². The van der Waals surface area contributed by atoms with Crippen molar-refractivity contribution in [2.75, 3.05) is 0 Å². The van der Waals surface area contributed by atoms with Crippen LogP contribution < -0.4 is 4.74 Å². The van der Waals surface area contributed by atoms with E-state index in [2.05, 4.69) is 0 Å². The highest BCUT2D eigenvalue weighted by Crippen LogP contribution is 2.32. The summed E-state index contributed by atoms with van der Waals surface area (Å²) in [7, 11) is 0. The molecule has 3 rings (SSSR count). The summed E-state index contributed by atoms with van der Waals surface area (Å²) in [5.41, 5.74) is 2.07. The van der Waals surface area contributed by atoms with Gasteiger partial charge in [0.15, 0.2) is 5.76 Å². The predicted molar refractivity (Wildman–Crippen MR) is 77.5 cm³/mol. The molecule has 0 radical (unpaired) electrons. The highest BCUT2D eigenvalue weighted by Gasteiger charge is 2.27. The van der Waals surface area contributed by atoms with Crippen LogP contribution in [0.25, 0.3) is 6.08 Å². The summed E-state index contributed by atoms with van der Waals surface area (Å²) in [6.45, 7) is 1.91. The van der Waals surface area contributed by atoms with Crippen LogP contribution in [0.2, 0.25) is 0 Å². The molecule has 21 heavy (non-hydrogen) atoms. The first-order valence-corrected chi connectivity index (χ1v) is 6.43. The number of aromatic carboxylic acids is 1. The average molecular weight is 280 g/mol. The first-order valence-electron chi connectivity index (χ1n) is 6.43. The fourth-order valence-electron chi connectivity index (χ4n) is 2.25. The monoisotopic (exact) mass is 280 g/mol. The number of carbonyl (C=O) groups excluding carboxylic acids is 1. The van der Waals surface area contributed by atoms with E-state index in [0.29, 0.717) is 16.9 Å². The average Bonchev–Trinajstić information content (AvgIpc) is 2.75. The number of carboxylic acid groups (broad SMARTS) is 1. The van der Waals surface area contributed by atoms with Gasteiger partial charge in [-0.1, -0.05) is 24.3 Å². The molecule has 0 unspecified atom stereocenters. The van der Waals surface area contributed by atoms with Crippen molar-refractivity contribution in [2.45, 2.75) is 6.92 Å². The largest absolute Gasteiger partial charge is 0.478 e. The van der Waals surface area contributed by atoms with Gasteiger partial charge in [-0.05, 0) is 42.3 Å². The fourth-order valence-corrected chi connectivity index (χ4v) is 2.25. The molecule has 0 bridgehead atoms. The highest BCUT2D eigenvalue weighted by atomic mass is 16.5. The summed E-state index contributed by atoms with van der Waals surface area (Å²) in [4.78, 5) is 23.4. The van der Waals surface area contributed by atoms with E-state index in [1.54, 1.807) is 30.3 Å². The van der Waals surface area contributed by atoms with Gasteiger partial charge in [0.1, 0.15) is 5.75 Å². The Bertz CT molecular complexity index is 787. The number of benzene rings is 2. The predicted octanol–water partition coefficient (Wildman–Crippen LogP) is 3.31. The zero-order chi connectivity index (χ0) is 15.0. The molecule has 0 saturated carbocycles. The van der Waals surface area contributed by atoms with Crippen LogP contribution in [0, 0.1) is 6.92 Å². The molecule has 2 aromatic rings. The Balaban J connectivity index is 2.04. The summed E-state index contributed by atoms with van der Waals surface area (Å²) in [5.74, 6) is -0.616. The summed E-state index contributed by atoms with van der Waals surface area (Å²) in [5, 5.41) is 9.16. The number of aryl methyl sites for hydroxylation is 1. The Morgan fingerprint density at radius 3 is 2.71 bits per heavy atom. The molecule has 0 spiro atoms. The van der Waals surface area contributed by atoms with Crippen LogP contribution in [0.1, 0.15) is 31.8 Å². The number of hydrogen-bond acceptors (Lipinski definition) is 3. The SMILES string of the molecule is Cc1ccc2c(c1)O/C(=C\c1ccccc1C(=O)O)C2=O. The van der Waals surface area contributed by atoms with Gasteiger partial charge in [-0.2, -0.15) is 0 Å². The van der Waals surface area contributed by atoms with Gasteiger partial charge in [-0.3, -0.25) is 4.79 Å². The molecule has 0 atom stereocenters. The number of fused-ring (bicyclic) bond motifs is 1. The molecule has 4 nitrogen and oxygen atoms in total. The number of ether oxygens (including phenoxy) is 1. The lowest BCUT2D eigenvalue weighted by Gasteiger charge is -2.02. The second-order valence-electron chi connectivity index (χ2n) is 4.83. The maximum atomic E-state index is 12.3. The van der Waals surface area contributed by atoms with Crippen molar-refractivity contribution in [3.8, 4) is 5.75 Å². The topological polar surface area (TPSA) is 63.6 Å². The molecule has 0 aromatic heterocycles. The lowest BCUT2D eigenvalue weighted by molar-refractivity contribution is 0.0696. The third-order valence-corrected chi connectivity index (χ3v) is 3.30. The zero-order valence-corrected chi connectivity index (χ0v) is 11.3. The molecule has 0 fully saturated rings. The van der Waals surface area contributed by atoms with E-state index in [1.165, 1.54) is 12.1 Å². The Labute approximate surface area is 121 Å². The molecule has 1 N–H and O–H groups in total. The summed E-state index contributed by atoms with van der Waals surface area (Å²) in [6, 6.07) is 11.8. The zero-order valence-electron chi connectivity index (χ0n) is 11.3. The Hall–Kier alpha value is -2.88. The van der Waals surface area contributed by atoms with Crippen LogP contribution in [0.4, 0.5) is 0 Å². The lowest BCUT2D eigenvalue weighted by atomic mass is 10.0. The Morgan fingerprint density at radius 1 is 1.19 bits per heavy atom. The van der Waals surface area contributed by atoms with E-state index in [1.807, 2.05) is 13.0 Å². The summed E-state index contributed by atoms with van der Waals surface area (Å²) >= 11 is 0. The number of hydrogen-bond donors (Lipinski definition) is 1. The Kier molecular flexibility index (Phi) is 3.06. The van der Waals surface area contributed by atoms with E-state index in [9.17, 15) is 9.59 Å². The van der Waals surface area contributed by atoms with E-state index in [4.69, 9.17) is 9.84 Å². The molecule has 2 aromatic carbocycles. The van der Waals surface area contributed by atoms with E-state index in [-0.39, 0.29) is 17.1 Å². The lowest BCUT2D eigenvalue weighted by Crippen LogP contribution is -2.02.